The molecule has 20 heavy (non-hydrogen) atoms. The third-order valence-electron chi connectivity index (χ3n) is 3.88. The van der Waals surface area contributed by atoms with Crippen molar-refractivity contribution in [2.45, 2.75) is 25.3 Å². The molecule has 0 saturated carbocycles. The zero-order chi connectivity index (χ0) is 14.3. The van der Waals surface area contributed by atoms with E-state index in [0.29, 0.717) is 13.0 Å². The molecule has 1 aromatic carbocycles. The minimum absolute atomic E-state index is 0.0164. The minimum atomic E-state index is -0.780. The van der Waals surface area contributed by atoms with Gasteiger partial charge in [0.2, 0.25) is 11.8 Å². The van der Waals surface area contributed by atoms with Gasteiger partial charge in [0, 0.05) is 19.5 Å². The van der Waals surface area contributed by atoms with Gasteiger partial charge in [0.15, 0.2) is 0 Å². The van der Waals surface area contributed by atoms with Crippen LogP contribution in [0, 0.1) is 11.6 Å². The second kappa shape index (κ2) is 4.85. The van der Waals surface area contributed by atoms with Crippen molar-refractivity contribution < 1.29 is 18.4 Å². The van der Waals surface area contributed by atoms with Crippen LogP contribution in [0.25, 0.3) is 0 Å². The van der Waals surface area contributed by atoms with Gasteiger partial charge in [0.05, 0.1) is 0 Å². The number of anilines is 1. The number of hydrogen-bond donors (Lipinski definition) is 0. The van der Waals surface area contributed by atoms with Crippen LogP contribution in [0.3, 0.4) is 0 Å². The molecule has 3 rings (SSSR count). The Bertz CT molecular complexity index is 556. The summed E-state index contributed by atoms with van der Waals surface area (Å²) in [5.74, 6) is -2.08. The van der Waals surface area contributed by atoms with Crippen LogP contribution in [-0.2, 0) is 9.59 Å². The van der Waals surface area contributed by atoms with Crippen molar-refractivity contribution in [3.05, 3.63) is 29.8 Å². The van der Waals surface area contributed by atoms with Gasteiger partial charge in [0.25, 0.3) is 0 Å². The van der Waals surface area contributed by atoms with E-state index in [1.807, 2.05) is 0 Å². The molecule has 0 N–H and O–H groups in total. The van der Waals surface area contributed by atoms with Gasteiger partial charge in [-0.05, 0) is 25.0 Å². The van der Waals surface area contributed by atoms with Crippen LogP contribution in [0.4, 0.5) is 14.5 Å². The SMILES string of the molecule is O=C1C2CCCN2C(=O)CCN1c1c(F)cccc1F. The molecule has 0 spiro atoms. The normalized spacial score (nSPS) is 23.0. The van der Waals surface area contributed by atoms with Crippen LogP contribution in [0.15, 0.2) is 18.2 Å². The highest BCUT2D eigenvalue weighted by Crippen LogP contribution is 2.30. The summed E-state index contributed by atoms with van der Waals surface area (Å²) >= 11 is 0. The van der Waals surface area contributed by atoms with Crippen molar-refractivity contribution in [2.24, 2.45) is 0 Å². The Morgan fingerprint density at radius 2 is 1.80 bits per heavy atom. The number of amides is 2. The Hall–Kier alpha value is -1.98. The van der Waals surface area contributed by atoms with Crippen LogP contribution in [0.1, 0.15) is 19.3 Å². The summed E-state index contributed by atoms with van der Waals surface area (Å²) in [6.07, 6.45) is 1.39. The Labute approximate surface area is 115 Å². The summed E-state index contributed by atoms with van der Waals surface area (Å²) in [5.41, 5.74) is -0.348. The molecule has 2 saturated heterocycles. The fraction of sp³-hybridized carbons (Fsp3) is 0.429. The number of carbonyl (C=O) groups is 2. The van der Waals surface area contributed by atoms with Gasteiger partial charge < -0.3 is 9.80 Å². The Balaban J connectivity index is 2.01. The van der Waals surface area contributed by atoms with Gasteiger partial charge in [-0.1, -0.05) is 6.07 Å². The van der Waals surface area contributed by atoms with E-state index in [1.165, 1.54) is 11.0 Å². The van der Waals surface area contributed by atoms with Crippen molar-refractivity contribution in [3.8, 4) is 0 Å². The lowest BCUT2D eigenvalue weighted by Crippen LogP contribution is -2.44. The van der Waals surface area contributed by atoms with Crippen LogP contribution in [0.2, 0.25) is 0 Å². The van der Waals surface area contributed by atoms with E-state index >= 15 is 0 Å². The maximum atomic E-state index is 13.8. The summed E-state index contributed by atoms with van der Waals surface area (Å²) < 4.78 is 27.7. The monoisotopic (exact) mass is 280 g/mol. The highest BCUT2D eigenvalue weighted by molar-refractivity contribution is 6.01. The van der Waals surface area contributed by atoms with E-state index in [4.69, 9.17) is 0 Å². The standard InChI is InChI=1S/C14H14F2N2O2/c15-9-3-1-4-10(16)13(9)18-8-6-12(19)17-7-2-5-11(17)14(18)20/h1,3-4,11H,2,5-8H2. The van der Waals surface area contributed by atoms with Crippen LogP contribution in [0.5, 0.6) is 0 Å². The van der Waals surface area contributed by atoms with Crippen molar-refractivity contribution in [1.29, 1.82) is 0 Å². The molecule has 2 fully saturated rings. The zero-order valence-electron chi connectivity index (χ0n) is 10.8. The lowest BCUT2D eigenvalue weighted by Gasteiger charge is -2.25. The van der Waals surface area contributed by atoms with E-state index < -0.39 is 23.6 Å². The molecule has 1 unspecified atom stereocenters. The number of halogens is 2. The van der Waals surface area contributed by atoms with Crippen LogP contribution >= 0.6 is 0 Å². The number of para-hydroxylation sites is 1. The number of nitrogens with zero attached hydrogens (tertiary/aromatic N) is 2. The minimum Gasteiger partial charge on any atom is -0.331 e. The molecule has 0 radical (unpaired) electrons. The van der Waals surface area contributed by atoms with Gasteiger partial charge in [-0.25, -0.2) is 8.78 Å². The Kier molecular flexibility index (Phi) is 3.16. The average molecular weight is 280 g/mol. The molecule has 0 aliphatic carbocycles. The first-order chi connectivity index (χ1) is 9.59. The first-order valence-corrected chi connectivity index (χ1v) is 6.64. The maximum absolute atomic E-state index is 13.8. The van der Waals surface area contributed by atoms with E-state index in [-0.39, 0.29) is 24.6 Å². The summed E-state index contributed by atoms with van der Waals surface area (Å²) in [7, 11) is 0. The third-order valence-corrected chi connectivity index (χ3v) is 3.88. The second-order valence-corrected chi connectivity index (χ2v) is 5.06. The van der Waals surface area contributed by atoms with Crippen LogP contribution < -0.4 is 4.90 Å². The summed E-state index contributed by atoms with van der Waals surface area (Å²) in [4.78, 5) is 27.0. The molecular formula is C14H14F2N2O2. The fourth-order valence-electron chi connectivity index (χ4n) is 2.93. The van der Waals surface area contributed by atoms with Gasteiger partial charge >= 0.3 is 0 Å². The van der Waals surface area contributed by atoms with Gasteiger partial charge in [-0.15, -0.1) is 0 Å². The molecule has 2 amide bonds. The topological polar surface area (TPSA) is 40.6 Å². The zero-order valence-corrected chi connectivity index (χ0v) is 10.8. The number of benzene rings is 1. The van der Waals surface area contributed by atoms with Crippen molar-refractivity contribution in [1.82, 2.24) is 4.90 Å². The van der Waals surface area contributed by atoms with Gasteiger partial charge in [0.1, 0.15) is 23.4 Å². The van der Waals surface area contributed by atoms with E-state index in [9.17, 15) is 18.4 Å². The smallest absolute Gasteiger partial charge is 0.249 e. The highest BCUT2D eigenvalue weighted by Gasteiger charge is 2.40. The first kappa shape index (κ1) is 13.0. The summed E-state index contributed by atoms with van der Waals surface area (Å²) in [5, 5.41) is 0. The van der Waals surface area contributed by atoms with Crippen molar-refractivity contribution in [3.63, 3.8) is 0 Å². The number of carbonyl (C=O) groups excluding carboxylic acids is 2. The molecule has 4 nitrogen and oxygen atoms in total. The molecule has 106 valence electrons. The Morgan fingerprint density at radius 3 is 2.50 bits per heavy atom. The molecule has 0 aromatic heterocycles. The fourth-order valence-corrected chi connectivity index (χ4v) is 2.93. The average Bonchev–Trinajstić information content (AvgIpc) is 2.86. The molecule has 1 aromatic rings. The Morgan fingerprint density at radius 1 is 1.10 bits per heavy atom. The van der Waals surface area contributed by atoms with E-state index in [2.05, 4.69) is 0 Å². The van der Waals surface area contributed by atoms with Crippen molar-refractivity contribution in [2.75, 3.05) is 18.0 Å². The number of rotatable bonds is 1. The molecular weight excluding hydrogens is 266 g/mol. The quantitative estimate of drug-likeness (QED) is 0.785. The van der Waals surface area contributed by atoms with E-state index in [0.717, 1.165) is 23.5 Å². The molecule has 0 bridgehead atoms. The highest BCUT2D eigenvalue weighted by atomic mass is 19.1. The predicted molar refractivity (Wildman–Crippen MR) is 68.1 cm³/mol. The lowest BCUT2D eigenvalue weighted by atomic mass is 10.1. The predicted octanol–water partition coefficient (Wildman–Crippen LogP) is 1.69. The molecule has 2 aliphatic rings. The summed E-state index contributed by atoms with van der Waals surface area (Å²) in [6.45, 7) is 0.561. The van der Waals surface area contributed by atoms with Crippen LogP contribution in [-0.4, -0.2) is 35.8 Å². The molecule has 6 heteroatoms. The lowest BCUT2D eigenvalue weighted by molar-refractivity contribution is -0.135. The van der Waals surface area contributed by atoms with Gasteiger partial charge in [-0.2, -0.15) is 0 Å². The summed E-state index contributed by atoms with van der Waals surface area (Å²) in [6, 6.07) is 2.91. The van der Waals surface area contributed by atoms with E-state index in [1.54, 1.807) is 0 Å². The molecule has 1 atom stereocenters. The maximum Gasteiger partial charge on any atom is 0.249 e. The third kappa shape index (κ3) is 1.95. The number of hydrogen-bond acceptors (Lipinski definition) is 2. The van der Waals surface area contributed by atoms with Gasteiger partial charge in [-0.3, -0.25) is 9.59 Å². The molecule has 2 aliphatic heterocycles. The number of fused-ring (bicyclic) bond motifs is 1. The molecule has 2 heterocycles. The largest absolute Gasteiger partial charge is 0.331 e. The second-order valence-electron chi connectivity index (χ2n) is 5.06. The first-order valence-electron chi connectivity index (χ1n) is 6.64. The van der Waals surface area contributed by atoms with Crippen molar-refractivity contribution >= 4 is 17.5 Å².